The van der Waals surface area contributed by atoms with E-state index in [4.69, 9.17) is 9.47 Å². The standard InChI is InChI=1S/C18H26N2O5/c1-18(2,3)25-17(23)20-7-5-13(6-8-20)19-16(22)12-9-14(21)11-15(10-12)24-4/h9-11,13,21H,5-8H2,1-4H3,(H,19,22). The Kier molecular flexibility index (Phi) is 5.77. The highest BCUT2D eigenvalue weighted by atomic mass is 16.6. The van der Waals surface area contributed by atoms with Gasteiger partial charge in [0.2, 0.25) is 0 Å². The molecule has 7 heteroatoms. The molecule has 0 unspecified atom stereocenters. The molecule has 1 aromatic carbocycles. The van der Waals surface area contributed by atoms with Gasteiger partial charge in [0.25, 0.3) is 5.91 Å². The van der Waals surface area contributed by atoms with Crippen LogP contribution in [0.25, 0.3) is 0 Å². The molecule has 0 spiro atoms. The Hall–Kier alpha value is -2.44. The number of phenolic OH excluding ortho intramolecular Hbond substituents is 1. The van der Waals surface area contributed by atoms with Crippen molar-refractivity contribution in [1.82, 2.24) is 10.2 Å². The first kappa shape index (κ1) is 18.9. The van der Waals surface area contributed by atoms with Gasteiger partial charge < -0.3 is 24.8 Å². The molecule has 1 aliphatic rings. The Morgan fingerprint density at radius 1 is 1.20 bits per heavy atom. The van der Waals surface area contributed by atoms with Crippen LogP contribution in [-0.4, -0.2) is 53.8 Å². The Morgan fingerprint density at radius 3 is 2.40 bits per heavy atom. The lowest BCUT2D eigenvalue weighted by atomic mass is 10.0. The van der Waals surface area contributed by atoms with E-state index >= 15 is 0 Å². The number of carbonyl (C=O) groups is 2. The molecule has 1 heterocycles. The van der Waals surface area contributed by atoms with Crippen molar-refractivity contribution in [3.8, 4) is 11.5 Å². The van der Waals surface area contributed by atoms with Gasteiger partial charge in [-0.25, -0.2) is 4.79 Å². The Balaban J connectivity index is 1.88. The summed E-state index contributed by atoms with van der Waals surface area (Å²) in [4.78, 5) is 26.1. The summed E-state index contributed by atoms with van der Waals surface area (Å²) in [7, 11) is 1.48. The lowest BCUT2D eigenvalue weighted by molar-refractivity contribution is 0.0199. The van der Waals surface area contributed by atoms with Gasteiger partial charge in [0, 0.05) is 30.8 Å². The van der Waals surface area contributed by atoms with E-state index in [0.717, 1.165) is 0 Å². The number of ether oxygens (including phenoxy) is 2. The maximum Gasteiger partial charge on any atom is 0.410 e. The molecule has 0 bridgehead atoms. The van der Waals surface area contributed by atoms with E-state index in [9.17, 15) is 14.7 Å². The molecule has 1 saturated heterocycles. The third-order valence-electron chi connectivity index (χ3n) is 3.87. The van der Waals surface area contributed by atoms with Crippen LogP contribution in [0.5, 0.6) is 11.5 Å². The van der Waals surface area contributed by atoms with E-state index in [1.165, 1.54) is 19.2 Å². The fourth-order valence-corrected chi connectivity index (χ4v) is 2.63. The lowest BCUT2D eigenvalue weighted by Gasteiger charge is -2.33. The molecule has 2 amide bonds. The van der Waals surface area contributed by atoms with Gasteiger partial charge in [-0.3, -0.25) is 4.79 Å². The molecule has 2 N–H and O–H groups in total. The second kappa shape index (κ2) is 7.63. The van der Waals surface area contributed by atoms with Crippen molar-refractivity contribution in [1.29, 1.82) is 0 Å². The molecular weight excluding hydrogens is 324 g/mol. The van der Waals surface area contributed by atoms with E-state index in [1.807, 2.05) is 20.8 Å². The molecule has 2 rings (SSSR count). The molecule has 1 fully saturated rings. The number of carbonyl (C=O) groups excluding carboxylic acids is 2. The molecule has 138 valence electrons. The van der Waals surface area contributed by atoms with Crippen LogP contribution in [0.15, 0.2) is 18.2 Å². The second-order valence-electron chi connectivity index (χ2n) is 7.13. The predicted molar refractivity (Wildman–Crippen MR) is 93.0 cm³/mol. The topological polar surface area (TPSA) is 88.1 Å². The SMILES string of the molecule is COc1cc(O)cc(C(=O)NC2CCN(C(=O)OC(C)(C)C)CC2)c1. The number of likely N-dealkylation sites (tertiary alicyclic amines) is 1. The second-order valence-corrected chi connectivity index (χ2v) is 7.13. The van der Waals surface area contributed by atoms with Gasteiger partial charge in [0.15, 0.2) is 0 Å². The van der Waals surface area contributed by atoms with Gasteiger partial charge >= 0.3 is 6.09 Å². The molecule has 0 radical (unpaired) electrons. The molecule has 0 saturated carbocycles. The summed E-state index contributed by atoms with van der Waals surface area (Å²) in [6, 6.07) is 4.38. The fourth-order valence-electron chi connectivity index (χ4n) is 2.63. The molecule has 0 aromatic heterocycles. The highest BCUT2D eigenvalue weighted by molar-refractivity contribution is 5.95. The third-order valence-corrected chi connectivity index (χ3v) is 3.87. The summed E-state index contributed by atoms with van der Waals surface area (Å²) >= 11 is 0. The minimum atomic E-state index is -0.517. The molecule has 7 nitrogen and oxygen atoms in total. The summed E-state index contributed by atoms with van der Waals surface area (Å²) in [5.41, 5.74) is -0.178. The fraction of sp³-hybridized carbons (Fsp3) is 0.556. The number of methoxy groups -OCH3 is 1. The van der Waals surface area contributed by atoms with E-state index in [-0.39, 0.29) is 23.8 Å². The van der Waals surface area contributed by atoms with Crippen LogP contribution in [0.1, 0.15) is 44.0 Å². The first-order valence-corrected chi connectivity index (χ1v) is 8.35. The van der Waals surface area contributed by atoms with Gasteiger partial charge in [-0.2, -0.15) is 0 Å². The first-order chi connectivity index (χ1) is 11.7. The van der Waals surface area contributed by atoms with E-state index in [0.29, 0.717) is 37.2 Å². The van der Waals surface area contributed by atoms with Crippen molar-refractivity contribution in [3.63, 3.8) is 0 Å². The number of nitrogens with zero attached hydrogens (tertiary/aromatic N) is 1. The zero-order valence-electron chi connectivity index (χ0n) is 15.2. The normalized spacial score (nSPS) is 15.6. The number of aromatic hydroxyl groups is 1. The lowest BCUT2D eigenvalue weighted by Crippen LogP contribution is -2.47. The van der Waals surface area contributed by atoms with Crippen LogP contribution in [0.2, 0.25) is 0 Å². The minimum Gasteiger partial charge on any atom is -0.508 e. The van der Waals surface area contributed by atoms with Crippen molar-refractivity contribution in [2.75, 3.05) is 20.2 Å². The van der Waals surface area contributed by atoms with Gasteiger partial charge in [0.05, 0.1) is 7.11 Å². The highest BCUT2D eigenvalue weighted by Gasteiger charge is 2.27. The zero-order chi connectivity index (χ0) is 18.6. The van der Waals surface area contributed by atoms with Gasteiger partial charge in [0.1, 0.15) is 17.1 Å². The maximum atomic E-state index is 12.4. The summed E-state index contributed by atoms with van der Waals surface area (Å²) in [6.07, 6.45) is 0.983. The van der Waals surface area contributed by atoms with Crippen molar-refractivity contribution < 1.29 is 24.2 Å². The van der Waals surface area contributed by atoms with Crippen molar-refractivity contribution in [2.24, 2.45) is 0 Å². The molecule has 0 atom stereocenters. The van der Waals surface area contributed by atoms with Crippen molar-refractivity contribution in [3.05, 3.63) is 23.8 Å². The van der Waals surface area contributed by atoms with Crippen molar-refractivity contribution >= 4 is 12.0 Å². The average molecular weight is 350 g/mol. The largest absolute Gasteiger partial charge is 0.508 e. The van der Waals surface area contributed by atoms with Crippen LogP contribution in [-0.2, 0) is 4.74 Å². The van der Waals surface area contributed by atoms with E-state index < -0.39 is 5.60 Å². The van der Waals surface area contributed by atoms with Gasteiger partial charge in [-0.1, -0.05) is 0 Å². The molecule has 1 aromatic rings. The number of amides is 2. The van der Waals surface area contributed by atoms with E-state index in [2.05, 4.69) is 5.32 Å². The Bertz CT molecular complexity index is 631. The average Bonchev–Trinajstić information content (AvgIpc) is 2.53. The van der Waals surface area contributed by atoms with Gasteiger partial charge in [-0.15, -0.1) is 0 Å². The van der Waals surface area contributed by atoms with Gasteiger partial charge in [-0.05, 0) is 45.7 Å². The van der Waals surface area contributed by atoms with Crippen LogP contribution in [0.3, 0.4) is 0 Å². The smallest absolute Gasteiger partial charge is 0.410 e. The molecule has 0 aliphatic carbocycles. The quantitative estimate of drug-likeness (QED) is 0.874. The number of hydrogen-bond donors (Lipinski definition) is 2. The molecule has 1 aliphatic heterocycles. The summed E-state index contributed by atoms with van der Waals surface area (Å²) in [5.74, 6) is 0.124. The number of phenols is 1. The first-order valence-electron chi connectivity index (χ1n) is 8.35. The summed E-state index contributed by atoms with van der Waals surface area (Å²) in [6.45, 7) is 6.57. The maximum absolute atomic E-state index is 12.4. The third kappa shape index (κ3) is 5.55. The number of rotatable bonds is 3. The van der Waals surface area contributed by atoms with Crippen LogP contribution >= 0.6 is 0 Å². The number of piperidine rings is 1. The Labute approximate surface area is 147 Å². The predicted octanol–water partition coefficient (Wildman–Crippen LogP) is 2.53. The summed E-state index contributed by atoms with van der Waals surface area (Å²) < 4.78 is 10.4. The van der Waals surface area contributed by atoms with Crippen LogP contribution in [0.4, 0.5) is 4.79 Å². The summed E-state index contributed by atoms with van der Waals surface area (Å²) in [5, 5.41) is 12.6. The number of nitrogens with one attached hydrogen (secondary N) is 1. The van der Waals surface area contributed by atoms with Crippen molar-refractivity contribution in [2.45, 2.75) is 45.3 Å². The molecule has 25 heavy (non-hydrogen) atoms. The van der Waals surface area contributed by atoms with Crippen LogP contribution in [0, 0.1) is 0 Å². The van der Waals surface area contributed by atoms with Crippen LogP contribution < -0.4 is 10.1 Å². The highest BCUT2D eigenvalue weighted by Crippen LogP contribution is 2.22. The monoisotopic (exact) mass is 350 g/mol. The molecular formula is C18H26N2O5. The van der Waals surface area contributed by atoms with E-state index in [1.54, 1.807) is 11.0 Å². The zero-order valence-corrected chi connectivity index (χ0v) is 15.2. The Morgan fingerprint density at radius 2 is 1.84 bits per heavy atom. The number of benzene rings is 1. The minimum absolute atomic E-state index is 0.0238. The number of hydrogen-bond acceptors (Lipinski definition) is 5.